The number of thioether (sulfide) groups is 1. The minimum absolute atomic E-state index is 0.494. The molecule has 2 atom stereocenters. The van der Waals surface area contributed by atoms with Crippen LogP contribution < -0.4 is 0 Å². The zero-order chi connectivity index (χ0) is 12.7. The maximum absolute atomic E-state index is 3.94. The summed E-state index contributed by atoms with van der Waals surface area (Å²) >= 11 is 1.95. The predicted octanol–water partition coefficient (Wildman–Crippen LogP) is 5.28. The quantitative estimate of drug-likeness (QED) is 0.454. The minimum atomic E-state index is 0.494. The Hall–Kier alpha value is -0.950. The van der Waals surface area contributed by atoms with E-state index in [0.29, 0.717) is 11.2 Å². The normalized spacial score (nSPS) is 25.1. The van der Waals surface area contributed by atoms with Gasteiger partial charge in [-0.1, -0.05) is 42.0 Å². The fraction of sp³-hybridized carbons (Fsp3) is 0.375. The van der Waals surface area contributed by atoms with Crippen molar-refractivity contribution in [1.29, 1.82) is 0 Å². The summed E-state index contributed by atoms with van der Waals surface area (Å²) in [5.74, 6) is 0.494. The molecule has 0 saturated carbocycles. The Kier molecular flexibility index (Phi) is 6.13. The van der Waals surface area contributed by atoms with E-state index in [1.54, 1.807) is 0 Å². The maximum Gasteiger partial charge on any atom is 0.0366 e. The van der Waals surface area contributed by atoms with Crippen molar-refractivity contribution in [2.45, 2.75) is 31.9 Å². The highest BCUT2D eigenvalue weighted by Gasteiger charge is 2.23. The Labute approximate surface area is 110 Å². The lowest BCUT2D eigenvalue weighted by Gasteiger charge is -2.10. The van der Waals surface area contributed by atoms with Gasteiger partial charge >= 0.3 is 0 Å². The molecule has 0 amide bonds. The van der Waals surface area contributed by atoms with Crippen molar-refractivity contribution in [2.75, 3.05) is 0 Å². The third kappa shape index (κ3) is 4.43. The van der Waals surface area contributed by atoms with Crippen molar-refractivity contribution in [3.8, 4) is 0 Å². The fourth-order valence-corrected chi connectivity index (χ4v) is 3.19. The first-order valence-electron chi connectivity index (χ1n) is 6.13. The Morgan fingerprint density at radius 2 is 2.24 bits per heavy atom. The van der Waals surface area contributed by atoms with Crippen LogP contribution in [0, 0.1) is 5.92 Å². The van der Waals surface area contributed by atoms with Gasteiger partial charge in [-0.15, -0.1) is 24.9 Å². The van der Waals surface area contributed by atoms with Crippen molar-refractivity contribution in [3.05, 3.63) is 60.1 Å². The first-order chi connectivity index (χ1) is 8.21. The van der Waals surface area contributed by atoms with E-state index < -0.39 is 0 Å². The summed E-state index contributed by atoms with van der Waals surface area (Å²) in [5, 5.41) is 0.495. The van der Waals surface area contributed by atoms with Crippen LogP contribution in [0.1, 0.15) is 26.7 Å². The Morgan fingerprint density at radius 3 is 2.82 bits per heavy atom. The molecule has 1 heterocycles. The number of rotatable bonds is 6. The molecular formula is C16H22S. The Balaban J connectivity index is 2.74. The topological polar surface area (TPSA) is 0 Å². The minimum Gasteiger partial charge on any atom is -0.122 e. The molecule has 0 fully saturated rings. The first-order valence-corrected chi connectivity index (χ1v) is 7.01. The largest absolute Gasteiger partial charge is 0.122 e. The van der Waals surface area contributed by atoms with Crippen LogP contribution in [0.5, 0.6) is 0 Å². The summed E-state index contributed by atoms with van der Waals surface area (Å²) < 4.78 is 0. The van der Waals surface area contributed by atoms with E-state index >= 15 is 0 Å². The molecule has 0 saturated heterocycles. The summed E-state index contributed by atoms with van der Waals surface area (Å²) in [6.45, 7) is 11.9. The monoisotopic (exact) mass is 246 g/mol. The lowest BCUT2D eigenvalue weighted by atomic mass is 10.0. The van der Waals surface area contributed by atoms with Gasteiger partial charge in [0.05, 0.1) is 0 Å². The van der Waals surface area contributed by atoms with Crippen molar-refractivity contribution in [2.24, 2.45) is 5.92 Å². The third-order valence-electron chi connectivity index (χ3n) is 2.76. The maximum atomic E-state index is 3.94. The molecule has 1 aliphatic rings. The van der Waals surface area contributed by atoms with Crippen molar-refractivity contribution < 1.29 is 0 Å². The molecule has 0 aromatic heterocycles. The molecule has 0 bridgehead atoms. The van der Waals surface area contributed by atoms with E-state index in [1.807, 2.05) is 17.8 Å². The van der Waals surface area contributed by atoms with E-state index in [4.69, 9.17) is 0 Å². The van der Waals surface area contributed by atoms with Crippen LogP contribution in [0.15, 0.2) is 60.1 Å². The molecular weight excluding hydrogens is 224 g/mol. The van der Waals surface area contributed by atoms with Crippen molar-refractivity contribution >= 4 is 11.8 Å². The molecule has 1 heteroatoms. The molecule has 1 unspecified atom stereocenters. The van der Waals surface area contributed by atoms with Crippen molar-refractivity contribution in [3.63, 3.8) is 0 Å². The van der Waals surface area contributed by atoms with Gasteiger partial charge in [0.25, 0.3) is 0 Å². The van der Waals surface area contributed by atoms with Crippen molar-refractivity contribution in [1.82, 2.24) is 0 Å². The molecule has 0 nitrogen and oxygen atoms in total. The van der Waals surface area contributed by atoms with Gasteiger partial charge in [-0.05, 0) is 31.6 Å². The second kappa shape index (κ2) is 7.39. The summed E-state index contributed by atoms with van der Waals surface area (Å²) in [5.41, 5.74) is 1.33. The molecule has 0 aliphatic carbocycles. The molecule has 0 aromatic carbocycles. The van der Waals surface area contributed by atoms with E-state index in [9.17, 15) is 0 Å². The third-order valence-corrected chi connectivity index (χ3v) is 4.18. The van der Waals surface area contributed by atoms with Gasteiger partial charge in [0.15, 0.2) is 0 Å². The molecule has 1 aliphatic heterocycles. The van der Waals surface area contributed by atoms with Gasteiger partial charge in [0.2, 0.25) is 0 Å². The zero-order valence-corrected chi connectivity index (χ0v) is 11.7. The van der Waals surface area contributed by atoms with Gasteiger partial charge in [-0.25, -0.2) is 0 Å². The second-order valence-electron chi connectivity index (χ2n) is 4.27. The molecule has 0 aromatic rings. The van der Waals surface area contributed by atoms with Gasteiger partial charge in [-0.2, -0.15) is 0 Å². The van der Waals surface area contributed by atoms with Crippen LogP contribution in [-0.4, -0.2) is 5.25 Å². The smallest absolute Gasteiger partial charge is 0.0366 e. The van der Waals surface area contributed by atoms with E-state index in [2.05, 4.69) is 57.4 Å². The lowest BCUT2D eigenvalue weighted by Crippen LogP contribution is -2.05. The second-order valence-corrected chi connectivity index (χ2v) is 5.57. The Bertz CT molecular complexity index is 358. The van der Waals surface area contributed by atoms with Gasteiger partial charge in [0, 0.05) is 11.2 Å². The van der Waals surface area contributed by atoms with E-state index in [-0.39, 0.29) is 0 Å². The number of hydrogen-bond donors (Lipinski definition) is 0. The molecule has 92 valence electrons. The molecule has 0 spiro atoms. The standard InChI is InChI=1S/C16H22S/c1-5-8-10-15-12-14(16(7-3)17-15)11-13(4)9-6-2/h5-7,9,11-12,14,16H,1,3,8,10H2,2,4H3/b9-6-,13-11+/t14?,16-/m0/s1. The molecule has 17 heavy (non-hydrogen) atoms. The lowest BCUT2D eigenvalue weighted by molar-refractivity contribution is 0.856. The number of allylic oxidation sites excluding steroid dienone is 7. The van der Waals surface area contributed by atoms with Gasteiger partial charge in [-0.3, -0.25) is 0 Å². The van der Waals surface area contributed by atoms with E-state index in [0.717, 1.165) is 12.8 Å². The highest BCUT2D eigenvalue weighted by Crippen LogP contribution is 2.40. The van der Waals surface area contributed by atoms with Crippen LogP contribution >= 0.6 is 11.8 Å². The van der Waals surface area contributed by atoms with E-state index in [1.165, 1.54) is 10.5 Å². The first kappa shape index (κ1) is 14.1. The number of hydrogen-bond acceptors (Lipinski definition) is 1. The molecule has 1 rings (SSSR count). The predicted molar refractivity (Wildman–Crippen MR) is 81.2 cm³/mol. The van der Waals surface area contributed by atoms with Gasteiger partial charge < -0.3 is 0 Å². The summed E-state index contributed by atoms with van der Waals surface area (Å²) in [4.78, 5) is 1.48. The Morgan fingerprint density at radius 1 is 1.47 bits per heavy atom. The molecule has 0 radical (unpaired) electrons. The highest BCUT2D eigenvalue weighted by molar-refractivity contribution is 8.04. The summed E-state index contributed by atoms with van der Waals surface area (Å²) in [6, 6.07) is 0. The van der Waals surface area contributed by atoms with Crippen LogP contribution in [-0.2, 0) is 0 Å². The SMILES string of the molecule is C=CCCC1=CC(/C=C(C)/C=C\C)[C@H](C=C)S1. The van der Waals surface area contributed by atoms with Crippen LogP contribution in [0.4, 0.5) is 0 Å². The fourth-order valence-electron chi connectivity index (χ4n) is 1.96. The highest BCUT2D eigenvalue weighted by atomic mass is 32.2. The zero-order valence-electron chi connectivity index (χ0n) is 10.9. The van der Waals surface area contributed by atoms with Crippen LogP contribution in [0.2, 0.25) is 0 Å². The summed E-state index contributed by atoms with van der Waals surface area (Å²) in [6.07, 6.45) is 15.2. The average Bonchev–Trinajstić information content (AvgIpc) is 2.69. The van der Waals surface area contributed by atoms with Gasteiger partial charge in [0.1, 0.15) is 0 Å². The average molecular weight is 246 g/mol. The molecule has 0 N–H and O–H groups in total. The van der Waals surface area contributed by atoms with Crippen LogP contribution in [0.3, 0.4) is 0 Å². The summed E-state index contributed by atoms with van der Waals surface area (Å²) in [7, 11) is 0. The van der Waals surface area contributed by atoms with Crippen LogP contribution in [0.25, 0.3) is 0 Å².